The van der Waals surface area contributed by atoms with Crippen LogP contribution >= 0.6 is 0 Å². The van der Waals surface area contributed by atoms with Crippen LogP contribution in [0.25, 0.3) is 0 Å². The van der Waals surface area contributed by atoms with Gasteiger partial charge in [-0.25, -0.2) is 0 Å². The lowest BCUT2D eigenvalue weighted by Gasteiger charge is -2.32. The van der Waals surface area contributed by atoms with E-state index in [1.165, 1.54) is 6.42 Å². The summed E-state index contributed by atoms with van der Waals surface area (Å²) in [6, 6.07) is 5.81. The average Bonchev–Trinajstić information content (AvgIpc) is 3.39. The number of hydrogen-bond acceptors (Lipinski definition) is 4. The van der Waals surface area contributed by atoms with E-state index < -0.39 is 0 Å². The molecule has 1 aliphatic heterocycles. The molecule has 1 amide bonds. The minimum atomic E-state index is -0.0868. The molecule has 6 nitrogen and oxygen atoms in total. The molecule has 5 rings (SSSR count). The highest BCUT2D eigenvalue weighted by atomic mass is 16.2. The van der Waals surface area contributed by atoms with Crippen molar-refractivity contribution in [2.45, 2.75) is 84.2 Å². The summed E-state index contributed by atoms with van der Waals surface area (Å²) in [6.45, 7) is 5.64. The zero-order valence-corrected chi connectivity index (χ0v) is 19.3. The first-order valence-electron chi connectivity index (χ1n) is 12.3. The Labute approximate surface area is 190 Å². The zero-order valence-electron chi connectivity index (χ0n) is 19.3. The molecule has 0 N–H and O–H groups in total. The summed E-state index contributed by atoms with van der Waals surface area (Å²) >= 11 is 0. The first-order valence-corrected chi connectivity index (χ1v) is 12.3. The maximum absolute atomic E-state index is 13.4. The molecular formula is C26H34N4O2. The second kappa shape index (κ2) is 8.45. The zero-order chi connectivity index (χ0) is 22.3. The number of carbonyl (C=O) groups is 2. The molecule has 0 radical (unpaired) electrons. The molecule has 0 spiro atoms. The summed E-state index contributed by atoms with van der Waals surface area (Å²) in [6.07, 6.45) is 10.6. The summed E-state index contributed by atoms with van der Waals surface area (Å²) in [5.74, 6) is 0.602. The molecular weight excluding hydrogens is 400 g/mol. The number of aromatic nitrogens is 3. The number of likely N-dealkylation sites (tertiary alicyclic amines) is 1. The van der Waals surface area contributed by atoms with Gasteiger partial charge in [0.2, 0.25) is 5.91 Å². The number of amides is 1. The third-order valence-electron chi connectivity index (χ3n) is 7.49. The lowest BCUT2D eigenvalue weighted by atomic mass is 9.75. The normalized spacial score (nSPS) is 23.4. The van der Waals surface area contributed by atoms with Crippen LogP contribution in [0.5, 0.6) is 0 Å². The fraction of sp³-hybridized carbons (Fsp3) is 0.615. The van der Waals surface area contributed by atoms with Crippen molar-refractivity contribution in [3.05, 3.63) is 47.0 Å². The van der Waals surface area contributed by atoms with Crippen molar-refractivity contribution >= 4 is 11.7 Å². The van der Waals surface area contributed by atoms with Gasteiger partial charge in [-0.2, -0.15) is 5.10 Å². The van der Waals surface area contributed by atoms with Gasteiger partial charge in [-0.3, -0.25) is 19.3 Å². The molecule has 0 aromatic carbocycles. The topological polar surface area (TPSA) is 68.1 Å². The molecule has 1 atom stereocenters. The second-order valence-corrected chi connectivity index (χ2v) is 10.7. The quantitative estimate of drug-likeness (QED) is 0.698. The molecule has 1 saturated heterocycles. The van der Waals surface area contributed by atoms with E-state index in [1.54, 1.807) is 6.20 Å². The first kappa shape index (κ1) is 21.4. The molecule has 3 heterocycles. The minimum absolute atomic E-state index is 0.0756. The molecule has 2 aliphatic carbocycles. The number of nitrogens with zero attached hydrogens (tertiary/aromatic N) is 4. The summed E-state index contributed by atoms with van der Waals surface area (Å²) in [4.78, 5) is 33.3. The van der Waals surface area contributed by atoms with Crippen molar-refractivity contribution in [1.29, 1.82) is 0 Å². The van der Waals surface area contributed by atoms with Crippen molar-refractivity contribution in [2.24, 2.45) is 11.3 Å². The first-order chi connectivity index (χ1) is 15.4. The van der Waals surface area contributed by atoms with Crippen LogP contribution in [0.2, 0.25) is 0 Å². The Kier molecular flexibility index (Phi) is 5.64. The Balaban J connectivity index is 1.52. The standard InChI is InChI=1S/C26H34N4O2/c1-26(2)15-21-23(22(31)16-26)24(28-30(21)17-19-11-6-7-13-27-19)20-12-8-14-29(20)25(32)18-9-4-3-5-10-18/h6-7,11,13,18,20H,3-5,8-10,12,14-17H2,1-2H3/t20-/m1/s1. The Morgan fingerprint density at radius 2 is 1.91 bits per heavy atom. The molecule has 0 unspecified atom stereocenters. The van der Waals surface area contributed by atoms with Gasteiger partial charge < -0.3 is 4.90 Å². The summed E-state index contributed by atoms with van der Waals surface area (Å²) < 4.78 is 1.99. The number of hydrogen-bond donors (Lipinski definition) is 0. The summed E-state index contributed by atoms with van der Waals surface area (Å²) in [5.41, 5.74) is 3.48. The molecule has 6 heteroatoms. The summed E-state index contributed by atoms with van der Waals surface area (Å²) in [5, 5.41) is 5.02. The van der Waals surface area contributed by atoms with Gasteiger partial charge in [0, 0.05) is 25.1 Å². The van der Waals surface area contributed by atoms with Crippen LogP contribution in [0.15, 0.2) is 24.4 Å². The van der Waals surface area contributed by atoms with Crippen LogP contribution in [-0.4, -0.2) is 37.9 Å². The molecule has 2 aromatic rings. The van der Waals surface area contributed by atoms with E-state index in [-0.39, 0.29) is 29.1 Å². The SMILES string of the molecule is CC1(C)CC(=O)c2c([C@H]3CCCN3C(=O)C3CCCCC3)nn(Cc3ccccn3)c2C1. The van der Waals surface area contributed by atoms with Gasteiger partial charge in [-0.15, -0.1) is 0 Å². The minimum Gasteiger partial charge on any atom is -0.334 e. The van der Waals surface area contributed by atoms with Crippen LogP contribution in [0.1, 0.15) is 98.7 Å². The highest BCUT2D eigenvalue weighted by molar-refractivity contribution is 6.00. The Morgan fingerprint density at radius 1 is 1.09 bits per heavy atom. The van der Waals surface area contributed by atoms with Crippen LogP contribution < -0.4 is 0 Å². The molecule has 32 heavy (non-hydrogen) atoms. The third kappa shape index (κ3) is 4.00. The lowest BCUT2D eigenvalue weighted by Crippen LogP contribution is -2.37. The number of rotatable bonds is 4. The second-order valence-electron chi connectivity index (χ2n) is 10.7. The molecule has 2 aromatic heterocycles. The number of carbonyl (C=O) groups excluding carboxylic acids is 2. The maximum atomic E-state index is 13.4. The maximum Gasteiger partial charge on any atom is 0.226 e. The molecule has 0 bridgehead atoms. The van der Waals surface area contributed by atoms with E-state index in [0.717, 1.165) is 74.1 Å². The van der Waals surface area contributed by atoms with E-state index in [9.17, 15) is 9.59 Å². The fourth-order valence-corrected chi connectivity index (χ4v) is 5.95. The number of pyridine rings is 1. The van der Waals surface area contributed by atoms with Crippen molar-refractivity contribution in [1.82, 2.24) is 19.7 Å². The van der Waals surface area contributed by atoms with Gasteiger partial charge in [-0.1, -0.05) is 39.2 Å². The number of Topliss-reactive ketones (excluding diaryl/α,β-unsaturated/α-hetero) is 1. The molecule has 2 fully saturated rings. The van der Waals surface area contributed by atoms with Gasteiger partial charge >= 0.3 is 0 Å². The monoisotopic (exact) mass is 434 g/mol. The van der Waals surface area contributed by atoms with Crippen molar-refractivity contribution in [3.63, 3.8) is 0 Å². The Morgan fingerprint density at radius 3 is 2.66 bits per heavy atom. The Bertz CT molecular complexity index is 1000. The number of ketones is 1. The fourth-order valence-electron chi connectivity index (χ4n) is 5.95. The van der Waals surface area contributed by atoms with E-state index in [4.69, 9.17) is 5.10 Å². The summed E-state index contributed by atoms with van der Waals surface area (Å²) in [7, 11) is 0. The van der Waals surface area contributed by atoms with E-state index in [2.05, 4.69) is 23.7 Å². The third-order valence-corrected chi connectivity index (χ3v) is 7.49. The lowest BCUT2D eigenvalue weighted by molar-refractivity contribution is -0.137. The van der Waals surface area contributed by atoms with Crippen molar-refractivity contribution in [2.75, 3.05) is 6.54 Å². The van der Waals surface area contributed by atoms with Crippen LogP contribution in [-0.2, 0) is 17.8 Å². The van der Waals surface area contributed by atoms with Crippen LogP contribution in [0.3, 0.4) is 0 Å². The molecule has 1 saturated carbocycles. The highest BCUT2D eigenvalue weighted by Crippen LogP contribution is 2.42. The number of fused-ring (bicyclic) bond motifs is 1. The van der Waals surface area contributed by atoms with Crippen molar-refractivity contribution in [3.8, 4) is 0 Å². The highest BCUT2D eigenvalue weighted by Gasteiger charge is 2.42. The predicted octanol–water partition coefficient (Wildman–Crippen LogP) is 4.73. The molecule has 170 valence electrons. The largest absolute Gasteiger partial charge is 0.334 e. The average molecular weight is 435 g/mol. The van der Waals surface area contributed by atoms with Gasteiger partial charge in [0.05, 0.1) is 35.2 Å². The van der Waals surface area contributed by atoms with E-state index in [0.29, 0.717) is 13.0 Å². The van der Waals surface area contributed by atoms with Crippen LogP contribution in [0.4, 0.5) is 0 Å². The Hall–Kier alpha value is -2.50. The van der Waals surface area contributed by atoms with Gasteiger partial charge in [-0.05, 0) is 49.7 Å². The van der Waals surface area contributed by atoms with Gasteiger partial charge in [0.25, 0.3) is 0 Å². The van der Waals surface area contributed by atoms with Gasteiger partial charge in [0.1, 0.15) is 0 Å². The smallest absolute Gasteiger partial charge is 0.226 e. The van der Waals surface area contributed by atoms with Gasteiger partial charge in [0.15, 0.2) is 5.78 Å². The molecule has 3 aliphatic rings. The van der Waals surface area contributed by atoms with E-state index >= 15 is 0 Å². The van der Waals surface area contributed by atoms with Crippen LogP contribution in [0, 0.1) is 11.3 Å². The van der Waals surface area contributed by atoms with E-state index in [1.807, 2.05) is 22.9 Å². The van der Waals surface area contributed by atoms with Crippen molar-refractivity contribution < 1.29 is 9.59 Å². The predicted molar refractivity (Wildman–Crippen MR) is 122 cm³/mol.